The van der Waals surface area contributed by atoms with Gasteiger partial charge in [-0.05, 0) is 13.0 Å². The van der Waals surface area contributed by atoms with Crippen LogP contribution in [0, 0.1) is 18.3 Å². The van der Waals surface area contributed by atoms with Crippen LogP contribution in [0.4, 0.5) is 5.69 Å². The van der Waals surface area contributed by atoms with Crippen molar-refractivity contribution < 1.29 is 14.4 Å². The van der Waals surface area contributed by atoms with Crippen LogP contribution in [-0.2, 0) is 0 Å². The summed E-state index contributed by atoms with van der Waals surface area (Å²) in [6, 6.07) is 5.43. The Hall–Kier alpha value is -3.01. The molecular weight excluding hydrogens is 272 g/mol. The minimum Gasteiger partial charge on any atom is -0.506 e. The highest BCUT2D eigenvalue weighted by molar-refractivity contribution is 5.67. The van der Waals surface area contributed by atoms with E-state index in [-0.39, 0.29) is 17.9 Å². The average Bonchev–Trinajstić information content (AvgIpc) is 2.94. The Bertz CT molecular complexity index is 683. The number of ether oxygens (including phenoxy) is 1. The van der Waals surface area contributed by atoms with E-state index in [2.05, 4.69) is 15.5 Å². The first-order chi connectivity index (χ1) is 10.2. The maximum Gasteiger partial charge on any atom is 0.213 e. The molecule has 0 bridgehead atoms. The van der Waals surface area contributed by atoms with Crippen LogP contribution in [0.3, 0.4) is 0 Å². The summed E-state index contributed by atoms with van der Waals surface area (Å²) in [5.74, 6) is 0.802. The van der Waals surface area contributed by atoms with Crippen molar-refractivity contribution in [3.63, 3.8) is 0 Å². The van der Waals surface area contributed by atoms with Crippen LogP contribution in [0.1, 0.15) is 11.3 Å². The molecule has 0 aliphatic heterocycles. The number of aromatic nitrogens is 2. The van der Waals surface area contributed by atoms with E-state index in [9.17, 15) is 5.11 Å². The zero-order chi connectivity index (χ0) is 15.2. The van der Waals surface area contributed by atoms with Crippen LogP contribution in [0.5, 0.6) is 5.88 Å². The molecule has 0 amide bonds. The summed E-state index contributed by atoms with van der Waals surface area (Å²) < 4.78 is 9.83. The fourth-order valence-electron chi connectivity index (χ4n) is 1.66. The number of hydrogen-bond acceptors (Lipinski definition) is 7. The van der Waals surface area contributed by atoms with E-state index >= 15 is 0 Å². The molecule has 7 heteroatoms. The Kier molecular flexibility index (Phi) is 4.41. The van der Waals surface area contributed by atoms with E-state index in [1.54, 1.807) is 25.3 Å². The lowest BCUT2D eigenvalue weighted by atomic mass is 10.1. The number of rotatable bonds is 5. The van der Waals surface area contributed by atoms with Gasteiger partial charge in [-0.3, -0.25) is 0 Å². The van der Waals surface area contributed by atoms with Gasteiger partial charge in [0.05, 0.1) is 42.9 Å². The van der Waals surface area contributed by atoms with Crippen molar-refractivity contribution in [3.8, 4) is 11.9 Å². The maximum absolute atomic E-state index is 10.1. The fraction of sp³-hybridized carbons (Fsp3) is 0.214. The van der Waals surface area contributed by atoms with Crippen molar-refractivity contribution in [2.75, 3.05) is 19.0 Å². The van der Waals surface area contributed by atoms with Gasteiger partial charge in [0.15, 0.2) is 0 Å². The molecule has 0 aliphatic rings. The Labute approximate surface area is 121 Å². The molecule has 0 fully saturated rings. The lowest BCUT2D eigenvalue weighted by molar-refractivity contribution is 0.396. The Balaban J connectivity index is 2.12. The first-order valence-corrected chi connectivity index (χ1v) is 6.13. The largest absolute Gasteiger partial charge is 0.506 e. The van der Waals surface area contributed by atoms with Crippen LogP contribution < -0.4 is 10.1 Å². The van der Waals surface area contributed by atoms with E-state index in [0.717, 1.165) is 0 Å². The summed E-state index contributed by atoms with van der Waals surface area (Å²) >= 11 is 0. The van der Waals surface area contributed by atoms with Gasteiger partial charge in [-0.1, -0.05) is 5.16 Å². The molecule has 0 aromatic carbocycles. The van der Waals surface area contributed by atoms with Gasteiger partial charge in [-0.15, -0.1) is 0 Å². The van der Waals surface area contributed by atoms with Gasteiger partial charge in [-0.25, -0.2) is 4.98 Å². The Morgan fingerprint density at radius 1 is 1.48 bits per heavy atom. The molecule has 0 saturated heterocycles. The van der Waals surface area contributed by atoms with Crippen LogP contribution in [0.15, 0.2) is 34.6 Å². The second-order valence-corrected chi connectivity index (χ2v) is 4.18. The summed E-state index contributed by atoms with van der Waals surface area (Å²) in [6.07, 6.45) is 2.95. The lowest BCUT2D eigenvalue weighted by Crippen LogP contribution is -2.06. The first kappa shape index (κ1) is 14.4. The van der Waals surface area contributed by atoms with Gasteiger partial charge >= 0.3 is 0 Å². The summed E-state index contributed by atoms with van der Waals surface area (Å²) in [5.41, 5.74) is 1.29. The quantitative estimate of drug-likeness (QED) is 0.641. The van der Waals surface area contributed by atoms with E-state index in [0.29, 0.717) is 22.9 Å². The molecule has 2 aromatic heterocycles. The molecule has 0 unspecified atom stereocenters. The second kappa shape index (κ2) is 6.43. The number of aliphatic hydroxyl groups excluding tert-OH is 1. The van der Waals surface area contributed by atoms with Gasteiger partial charge in [0.2, 0.25) is 5.88 Å². The van der Waals surface area contributed by atoms with E-state index in [1.165, 1.54) is 13.3 Å². The molecule has 2 rings (SSSR count). The molecule has 0 spiro atoms. The molecule has 0 atom stereocenters. The highest BCUT2D eigenvalue weighted by Gasteiger charge is 2.13. The minimum atomic E-state index is -0.148. The third kappa shape index (κ3) is 3.30. The number of nitriles is 1. The van der Waals surface area contributed by atoms with Crippen LogP contribution >= 0.6 is 0 Å². The molecule has 2 heterocycles. The number of methoxy groups -OCH3 is 1. The summed E-state index contributed by atoms with van der Waals surface area (Å²) in [6.45, 7) is 1.81. The summed E-state index contributed by atoms with van der Waals surface area (Å²) in [4.78, 5) is 4.04. The van der Waals surface area contributed by atoms with E-state index in [1.807, 2.05) is 6.07 Å². The van der Waals surface area contributed by atoms with Crippen molar-refractivity contribution in [3.05, 3.63) is 41.4 Å². The predicted molar refractivity (Wildman–Crippen MR) is 75.7 cm³/mol. The normalized spacial score (nSPS) is 11.5. The molecular formula is C14H14N4O3. The smallest absolute Gasteiger partial charge is 0.213 e. The number of hydrogen-bond donors (Lipinski definition) is 2. The van der Waals surface area contributed by atoms with Crippen LogP contribution in [0.2, 0.25) is 0 Å². The number of nitrogens with zero attached hydrogens (tertiary/aromatic N) is 3. The van der Waals surface area contributed by atoms with Gasteiger partial charge in [0.1, 0.15) is 17.6 Å². The van der Waals surface area contributed by atoms with Crippen molar-refractivity contribution in [2.24, 2.45) is 0 Å². The SMILES string of the molecule is COc1ccc(NC/C(C#N)=C(\O)c2cnoc2C)cn1. The molecule has 108 valence electrons. The fourth-order valence-corrected chi connectivity index (χ4v) is 1.66. The molecule has 2 aromatic rings. The number of nitrogens with one attached hydrogen (secondary N) is 1. The number of anilines is 1. The number of aliphatic hydroxyl groups is 1. The van der Waals surface area contributed by atoms with Gasteiger partial charge in [-0.2, -0.15) is 5.26 Å². The minimum absolute atomic E-state index is 0.148. The molecule has 0 saturated carbocycles. The van der Waals surface area contributed by atoms with Crippen LogP contribution in [-0.4, -0.2) is 28.9 Å². The molecule has 21 heavy (non-hydrogen) atoms. The average molecular weight is 286 g/mol. The Morgan fingerprint density at radius 2 is 2.29 bits per heavy atom. The third-order valence-electron chi connectivity index (χ3n) is 2.84. The van der Waals surface area contributed by atoms with E-state index in [4.69, 9.17) is 14.5 Å². The summed E-state index contributed by atoms with van der Waals surface area (Å²) in [5, 5.41) is 25.8. The Morgan fingerprint density at radius 3 is 2.81 bits per heavy atom. The number of pyridine rings is 1. The number of aryl methyl sites for hydroxylation is 1. The summed E-state index contributed by atoms with van der Waals surface area (Å²) in [7, 11) is 1.53. The van der Waals surface area contributed by atoms with E-state index < -0.39 is 0 Å². The topological polar surface area (TPSA) is 104 Å². The lowest BCUT2D eigenvalue weighted by Gasteiger charge is -2.07. The van der Waals surface area contributed by atoms with Crippen LogP contribution in [0.25, 0.3) is 5.76 Å². The van der Waals surface area contributed by atoms with Crippen molar-refractivity contribution >= 4 is 11.4 Å². The second-order valence-electron chi connectivity index (χ2n) is 4.18. The standard InChI is InChI=1S/C14H14N4O3/c1-9-12(8-18-21-9)14(19)10(5-15)6-16-11-3-4-13(20-2)17-7-11/h3-4,7-8,16,19H,6H2,1-2H3/b14-10-. The van der Waals surface area contributed by atoms with Gasteiger partial charge < -0.3 is 19.7 Å². The zero-order valence-corrected chi connectivity index (χ0v) is 11.6. The predicted octanol–water partition coefficient (Wildman–Crippen LogP) is 2.29. The molecule has 0 aliphatic carbocycles. The molecule has 2 N–H and O–H groups in total. The monoisotopic (exact) mass is 286 g/mol. The maximum atomic E-state index is 10.1. The third-order valence-corrected chi connectivity index (χ3v) is 2.84. The van der Waals surface area contributed by atoms with Crippen molar-refractivity contribution in [2.45, 2.75) is 6.92 Å². The van der Waals surface area contributed by atoms with Crippen molar-refractivity contribution in [1.82, 2.24) is 10.1 Å². The highest BCUT2D eigenvalue weighted by atomic mass is 16.5. The first-order valence-electron chi connectivity index (χ1n) is 6.13. The molecule has 7 nitrogen and oxygen atoms in total. The highest BCUT2D eigenvalue weighted by Crippen LogP contribution is 2.20. The van der Waals surface area contributed by atoms with Crippen molar-refractivity contribution in [1.29, 1.82) is 5.26 Å². The molecule has 0 radical (unpaired) electrons. The zero-order valence-electron chi connectivity index (χ0n) is 11.6. The van der Waals surface area contributed by atoms with Gasteiger partial charge in [0, 0.05) is 6.07 Å². The van der Waals surface area contributed by atoms with Gasteiger partial charge in [0.25, 0.3) is 0 Å².